The Hall–Kier alpha value is -0.120. The van der Waals surface area contributed by atoms with Gasteiger partial charge in [0.1, 0.15) is 0 Å². The fraction of sp³-hybridized carbons (Fsp3) is 1.00. The maximum Gasteiger partial charge on any atom is 0.0610 e. The van der Waals surface area contributed by atoms with Crippen molar-refractivity contribution >= 4 is 0 Å². The molecule has 1 heterocycles. The molecule has 2 unspecified atom stereocenters. The van der Waals surface area contributed by atoms with Gasteiger partial charge >= 0.3 is 0 Å². The van der Waals surface area contributed by atoms with E-state index in [1.807, 2.05) is 0 Å². The minimum atomic E-state index is -0.0847. The highest BCUT2D eigenvalue weighted by Crippen LogP contribution is 2.20. The minimum absolute atomic E-state index is 0.0847. The summed E-state index contributed by atoms with van der Waals surface area (Å²) in [5.74, 6) is 0.924. The van der Waals surface area contributed by atoms with Gasteiger partial charge in [-0.1, -0.05) is 20.3 Å². The topological polar surface area (TPSA) is 35.5 Å². The fourth-order valence-corrected chi connectivity index (χ4v) is 2.79. The molecule has 2 atom stereocenters. The zero-order valence-corrected chi connectivity index (χ0v) is 11.8. The Bertz CT molecular complexity index is 210. The molecule has 0 radical (unpaired) electrons. The summed E-state index contributed by atoms with van der Waals surface area (Å²) in [7, 11) is 0. The standard InChI is InChI=1S/C14H30N2O/c1-4-13-7-10-16(11-13)9-6-8-14(3,12-17)15-5-2/h13,15,17H,4-12H2,1-3H3. The van der Waals surface area contributed by atoms with E-state index in [0.717, 1.165) is 18.9 Å². The first kappa shape index (κ1) is 14.9. The van der Waals surface area contributed by atoms with Crippen LogP contribution in [-0.4, -0.2) is 48.3 Å². The van der Waals surface area contributed by atoms with Crippen molar-refractivity contribution < 1.29 is 5.11 Å². The van der Waals surface area contributed by atoms with Crippen LogP contribution in [0.25, 0.3) is 0 Å². The maximum absolute atomic E-state index is 9.41. The second-order valence-corrected chi connectivity index (χ2v) is 5.72. The molecule has 0 aromatic carbocycles. The van der Waals surface area contributed by atoms with Gasteiger partial charge in [0.25, 0.3) is 0 Å². The summed E-state index contributed by atoms with van der Waals surface area (Å²) >= 11 is 0. The van der Waals surface area contributed by atoms with Crippen LogP contribution in [0.1, 0.15) is 46.5 Å². The molecule has 0 saturated carbocycles. The van der Waals surface area contributed by atoms with E-state index >= 15 is 0 Å². The van der Waals surface area contributed by atoms with Gasteiger partial charge < -0.3 is 15.3 Å². The quantitative estimate of drug-likeness (QED) is 0.682. The third kappa shape index (κ3) is 4.94. The number of hydrogen-bond donors (Lipinski definition) is 2. The monoisotopic (exact) mass is 242 g/mol. The van der Waals surface area contributed by atoms with Crippen LogP contribution in [0, 0.1) is 5.92 Å². The van der Waals surface area contributed by atoms with Crippen LogP contribution in [0.5, 0.6) is 0 Å². The summed E-state index contributed by atoms with van der Waals surface area (Å²) in [4.78, 5) is 2.58. The van der Waals surface area contributed by atoms with E-state index in [1.165, 1.54) is 38.9 Å². The molecule has 102 valence electrons. The summed E-state index contributed by atoms with van der Waals surface area (Å²) in [6.07, 6.45) is 4.94. The average Bonchev–Trinajstić information content (AvgIpc) is 2.77. The SMILES string of the molecule is CCNC(C)(CO)CCCN1CCC(CC)C1. The van der Waals surface area contributed by atoms with E-state index in [-0.39, 0.29) is 12.1 Å². The van der Waals surface area contributed by atoms with E-state index in [9.17, 15) is 5.11 Å². The lowest BCUT2D eigenvalue weighted by Crippen LogP contribution is -2.46. The molecule has 0 aromatic rings. The highest BCUT2D eigenvalue weighted by molar-refractivity contribution is 4.82. The highest BCUT2D eigenvalue weighted by atomic mass is 16.3. The van der Waals surface area contributed by atoms with Gasteiger partial charge in [-0.2, -0.15) is 0 Å². The summed E-state index contributed by atoms with van der Waals surface area (Å²) in [5.41, 5.74) is -0.0847. The van der Waals surface area contributed by atoms with Crippen molar-refractivity contribution in [2.24, 2.45) is 5.92 Å². The summed E-state index contributed by atoms with van der Waals surface area (Å²) < 4.78 is 0. The van der Waals surface area contributed by atoms with E-state index in [2.05, 4.69) is 31.0 Å². The van der Waals surface area contributed by atoms with Crippen molar-refractivity contribution in [1.82, 2.24) is 10.2 Å². The van der Waals surface area contributed by atoms with Gasteiger partial charge in [-0.05, 0) is 51.7 Å². The molecule has 0 aliphatic carbocycles. The Morgan fingerprint density at radius 2 is 2.18 bits per heavy atom. The molecule has 1 rings (SSSR count). The van der Waals surface area contributed by atoms with E-state index in [4.69, 9.17) is 0 Å². The predicted molar refractivity (Wildman–Crippen MR) is 73.2 cm³/mol. The van der Waals surface area contributed by atoms with Gasteiger partial charge in [-0.3, -0.25) is 0 Å². The summed E-state index contributed by atoms with van der Waals surface area (Å²) in [6.45, 7) is 11.4. The molecular formula is C14H30N2O. The first-order valence-electron chi connectivity index (χ1n) is 7.21. The van der Waals surface area contributed by atoms with Crippen molar-refractivity contribution in [2.45, 2.75) is 52.0 Å². The highest BCUT2D eigenvalue weighted by Gasteiger charge is 2.24. The van der Waals surface area contributed by atoms with Gasteiger partial charge in [0.15, 0.2) is 0 Å². The van der Waals surface area contributed by atoms with Crippen LogP contribution in [0.15, 0.2) is 0 Å². The van der Waals surface area contributed by atoms with Crippen molar-refractivity contribution in [3.8, 4) is 0 Å². The van der Waals surface area contributed by atoms with Gasteiger partial charge in [0, 0.05) is 12.1 Å². The number of nitrogens with one attached hydrogen (secondary N) is 1. The van der Waals surface area contributed by atoms with Crippen LogP contribution >= 0.6 is 0 Å². The molecule has 17 heavy (non-hydrogen) atoms. The zero-order chi connectivity index (χ0) is 12.7. The smallest absolute Gasteiger partial charge is 0.0610 e. The van der Waals surface area contributed by atoms with E-state index in [0.29, 0.717) is 0 Å². The van der Waals surface area contributed by atoms with E-state index in [1.54, 1.807) is 0 Å². The van der Waals surface area contributed by atoms with Crippen molar-refractivity contribution in [1.29, 1.82) is 0 Å². The van der Waals surface area contributed by atoms with Crippen LogP contribution in [0.4, 0.5) is 0 Å². The van der Waals surface area contributed by atoms with Crippen LogP contribution in [0.3, 0.4) is 0 Å². The number of nitrogens with zero attached hydrogens (tertiary/aromatic N) is 1. The minimum Gasteiger partial charge on any atom is -0.394 e. The molecule has 0 bridgehead atoms. The second kappa shape index (κ2) is 7.34. The van der Waals surface area contributed by atoms with Gasteiger partial charge in [-0.15, -0.1) is 0 Å². The van der Waals surface area contributed by atoms with Gasteiger partial charge in [0.05, 0.1) is 6.61 Å². The lowest BCUT2D eigenvalue weighted by molar-refractivity contribution is 0.160. The lowest BCUT2D eigenvalue weighted by atomic mass is 9.96. The van der Waals surface area contributed by atoms with Gasteiger partial charge in [-0.25, -0.2) is 0 Å². The maximum atomic E-state index is 9.41. The van der Waals surface area contributed by atoms with Crippen LogP contribution in [-0.2, 0) is 0 Å². The zero-order valence-electron chi connectivity index (χ0n) is 11.8. The molecule has 1 aliphatic heterocycles. The largest absolute Gasteiger partial charge is 0.394 e. The Kier molecular flexibility index (Phi) is 6.45. The molecular weight excluding hydrogens is 212 g/mol. The first-order chi connectivity index (χ1) is 8.13. The summed E-state index contributed by atoms with van der Waals surface area (Å²) in [6, 6.07) is 0. The van der Waals surface area contributed by atoms with Crippen molar-refractivity contribution in [2.75, 3.05) is 32.8 Å². The Morgan fingerprint density at radius 1 is 1.41 bits per heavy atom. The molecule has 1 aliphatic rings. The number of rotatable bonds is 8. The molecule has 2 N–H and O–H groups in total. The number of likely N-dealkylation sites (tertiary alicyclic amines) is 1. The second-order valence-electron chi connectivity index (χ2n) is 5.72. The van der Waals surface area contributed by atoms with Crippen LogP contribution in [0.2, 0.25) is 0 Å². The number of likely N-dealkylation sites (N-methyl/N-ethyl adjacent to an activating group) is 1. The average molecular weight is 242 g/mol. The predicted octanol–water partition coefficient (Wildman–Crippen LogP) is 1.86. The molecule has 3 nitrogen and oxygen atoms in total. The molecule has 1 fully saturated rings. The fourth-order valence-electron chi connectivity index (χ4n) is 2.79. The van der Waals surface area contributed by atoms with E-state index < -0.39 is 0 Å². The third-order valence-corrected chi connectivity index (χ3v) is 4.10. The first-order valence-corrected chi connectivity index (χ1v) is 7.21. The number of hydrogen-bond acceptors (Lipinski definition) is 3. The van der Waals surface area contributed by atoms with Crippen LogP contribution < -0.4 is 5.32 Å². The molecule has 1 saturated heterocycles. The normalized spacial score (nSPS) is 25.1. The Labute approximate surface area is 107 Å². The Morgan fingerprint density at radius 3 is 2.71 bits per heavy atom. The Balaban J connectivity index is 2.18. The van der Waals surface area contributed by atoms with Crippen molar-refractivity contribution in [3.63, 3.8) is 0 Å². The van der Waals surface area contributed by atoms with Crippen molar-refractivity contribution in [3.05, 3.63) is 0 Å². The lowest BCUT2D eigenvalue weighted by Gasteiger charge is -2.29. The molecule has 3 heteroatoms. The number of aliphatic hydroxyl groups is 1. The number of aliphatic hydroxyl groups excluding tert-OH is 1. The molecule has 0 amide bonds. The molecule has 0 spiro atoms. The van der Waals surface area contributed by atoms with Gasteiger partial charge in [0.2, 0.25) is 0 Å². The summed E-state index contributed by atoms with van der Waals surface area (Å²) in [5, 5.41) is 12.8. The molecule has 0 aromatic heterocycles. The third-order valence-electron chi connectivity index (χ3n) is 4.10.